The molecule has 3 aliphatic rings. The van der Waals surface area contributed by atoms with E-state index in [4.69, 9.17) is 30.5 Å². The molecule has 41 heavy (non-hydrogen) atoms. The largest absolute Gasteiger partial charge is 0.496 e. The fraction of sp³-hybridized carbons (Fsp3) is 0.290. The second kappa shape index (κ2) is 10.2. The molecule has 1 aromatic heterocycles. The SMILES string of the molecule is COc1cc(OC)c2c(c1Cl)O[C@@]1(C(=O)C3=C(C[C@H]1C)NC(=O)C[C@@H]3c1ccccc1OCc1ccccn1)C2=O. The maximum Gasteiger partial charge on any atom is 0.236 e. The van der Waals surface area contributed by atoms with Gasteiger partial charge in [-0.2, -0.15) is 0 Å². The van der Waals surface area contributed by atoms with Gasteiger partial charge in [0.2, 0.25) is 23.1 Å². The number of methoxy groups -OCH3 is 2. The number of aromatic nitrogens is 1. The topological polar surface area (TPSA) is 113 Å². The summed E-state index contributed by atoms with van der Waals surface area (Å²) in [6.07, 6.45) is 1.91. The Balaban J connectivity index is 1.43. The van der Waals surface area contributed by atoms with Gasteiger partial charge in [0.1, 0.15) is 34.4 Å². The van der Waals surface area contributed by atoms with Gasteiger partial charge in [0, 0.05) is 47.4 Å². The fourth-order valence-electron chi connectivity index (χ4n) is 5.99. The smallest absolute Gasteiger partial charge is 0.236 e. The lowest BCUT2D eigenvalue weighted by molar-refractivity contribution is -0.131. The second-order valence-electron chi connectivity index (χ2n) is 10.2. The number of nitrogens with zero attached hydrogens (tertiary/aromatic N) is 1. The predicted molar refractivity (Wildman–Crippen MR) is 149 cm³/mol. The van der Waals surface area contributed by atoms with Crippen molar-refractivity contribution in [2.45, 2.75) is 37.9 Å². The Bertz CT molecular complexity index is 1620. The van der Waals surface area contributed by atoms with Gasteiger partial charge in [-0.25, -0.2) is 0 Å². The van der Waals surface area contributed by atoms with Gasteiger partial charge in [0.15, 0.2) is 5.75 Å². The van der Waals surface area contributed by atoms with Gasteiger partial charge >= 0.3 is 0 Å². The lowest BCUT2D eigenvalue weighted by Gasteiger charge is -2.41. The molecule has 1 amide bonds. The first-order chi connectivity index (χ1) is 19.8. The average molecular weight is 575 g/mol. The number of allylic oxidation sites excluding steroid dienone is 1. The molecule has 2 aliphatic heterocycles. The first-order valence-electron chi connectivity index (χ1n) is 13.2. The highest BCUT2D eigenvalue weighted by Gasteiger charge is 2.63. The van der Waals surface area contributed by atoms with E-state index in [9.17, 15) is 14.4 Å². The van der Waals surface area contributed by atoms with Crippen molar-refractivity contribution in [1.82, 2.24) is 10.3 Å². The highest BCUT2D eigenvalue weighted by molar-refractivity contribution is 6.36. The van der Waals surface area contributed by atoms with Gasteiger partial charge in [0.25, 0.3) is 0 Å². The molecule has 210 valence electrons. The van der Waals surface area contributed by atoms with E-state index in [1.54, 1.807) is 19.2 Å². The Morgan fingerprint density at radius 1 is 1.00 bits per heavy atom. The molecule has 9 nitrogen and oxygen atoms in total. The summed E-state index contributed by atoms with van der Waals surface area (Å²) in [4.78, 5) is 46.0. The van der Waals surface area contributed by atoms with Crippen molar-refractivity contribution in [3.63, 3.8) is 0 Å². The Hall–Kier alpha value is -4.37. The zero-order valence-corrected chi connectivity index (χ0v) is 23.4. The highest BCUT2D eigenvalue weighted by atomic mass is 35.5. The number of ketones is 2. The van der Waals surface area contributed by atoms with E-state index in [0.717, 1.165) is 5.69 Å². The number of fused-ring (bicyclic) bond motifs is 1. The number of ether oxygens (including phenoxy) is 4. The predicted octanol–water partition coefficient (Wildman–Crippen LogP) is 4.81. The number of para-hydroxylation sites is 1. The van der Waals surface area contributed by atoms with Crippen LogP contribution in [0.15, 0.2) is 66.0 Å². The number of halogens is 1. The molecule has 0 saturated heterocycles. The third kappa shape index (κ3) is 4.14. The summed E-state index contributed by atoms with van der Waals surface area (Å²) in [6.45, 7) is 1.96. The monoisotopic (exact) mass is 574 g/mol. The number of hydrogen-bond donors (Lipinski definition) is 1. The minimum atomic E-state index is -1.88. The van der Waals surface area contributed by atoms with Crippen LogP contribution in [0.25, 0.3) is 0 Å². The number of nitrogens with one attached hydrogen (secondary N) is 1. The molecule has 0 fully saturated rings. The Kier molecular flexibility index (Phi) is 6.69. The van der Waals surface area contributed by atoms with Gasteiger partial charge in [-0.3, -0.25) is 19.4 Å². The van der Waals surface area contributed by atoms with Crippen LogP contribution < -0.4 is 24.3 Å². The van der Waals surface area contributed by atoms with E-state index in [0.29, 0.717) is 22.6 Å². The van der Waals surface area contributed by atoms with Crippen LogP contribution in [0.5, 0.6) is 23.0 Å². The molecule has 6 rings (SSSR count). The summed E-state index contributed by atoms with van der Waals surface area (Å²) >= 11 is 6.57. The first-order valence-corrected chi connectivity index (χ1v) is 13.6. The quantitative estimate of drug-likeness (QED) is 0.417. The standard InChI is InChI=1S/C31H27ClN2O7/c1-16-12-20-25(29(36)31(16)30(37)26-22(38-2)14-23(39-3)27(32)28(26)41-31)19(13-24(35)34-20)18-9-4-5-10-21(18)40-15-17-8-6-7-11-33-17/h4-11,14,16,19H,12-13,15H2,1-3H3,(H,34,35)/t16-,19-,31+/m1/s1. The Morgan fingerprint density at radius 2 is 1.76 bits per heavy atom. The molecule has 3 aromatic rings. The van der Waals surface area contributed by atoms with Crippen molar-refractivity contribution in [3.05, 3.63) is 87.8 Å². The Labute approximate surface area is 241 Å². The number of rotatable bonds is 6. The summed E-state index contributed by atoms with van der Waals surface area (Å²) in [5, 5.41) is 2.96. The molecule has 1 aliphatic carbocycles. The summed E-state index contributed by atoms with van der Waals surface area (Å²) in [5.74, 6) is -1.54. The molecule has 1 N–H and O–H groups in total. The molecule has 10 heteroatoms. The number of carbonyl (C=O) groups is 3. The normalized spacial score (nSPS) is 23.1. The van der Waals surface area contributed by atoms with Crippen LogP contribution in [0.2, 0.25) is 5.02 Å². The van der Waals surface area contributed by atoms with Crippen molar-refractivity contribution < 1.29 is 33.3 Å². The number of amides is 1. The van der Waals surface area contributed by atoms with Crippen molar-refractivity contribution in [3.8, 4) is 23.0 Å². The van der Waals surface area contributed by atoms with E-state index in [1.807, 2.05) is 36.4 Å². The van der Waals surface area contributed by atoms with Crippen LogP contribution in [-0.2, 0) is 16.2 Å². The van der Waals surface area contributed by atoms with Crippen LogP contribution >= 0.6 is 11.6 Å². The first kappa shape index (κ1) is 26.8. The van der Waals surface area contributed by atoms with Gasteiger partial charge in [-0.15, -0.1) is 0 Å². The van der Waals surface area contributed by atoms with Crippen molar-refractivity contribution >= 4 is 29.1 Å². The number of Topliss-reactive ketones (excluding diaryl/α,β-unsaturated/α-hetero) is 2. The number of benzene rings is 2. The average Bonchev–Trinajstić information content (AvgIpc) is 3.30. The van der Waals surface area contributed by atoms with Crippen LogP contribution in [0.1, 0.15) is 47.3 Å². The summed E-state index contributed by atoms with van der Waals surface area (Å²) in [6, 6.07) is 14.3. The summed E-state index contributed by atoms with van der Waals surface area (Å²) in [7, 11) is 2.86. The maximum absolute atomic E-state index is 14.6. The molecule has 1 spiro atoms. The van der Waals surface area contributed by atoms with Gasteiger partial charge < -0.3 is 24.3 Å². The Morgan fingerprint density at radius 3 is 2.49 bits per heavy atom. The van der Waals surface area contributed by atoms with Crippen LogP contribution in [0.4, 0.5) is 0 Å². The van der Waals surface area contributed by atoms with Crippen molar-refractivity contribution in [1.29, 1.82) is 0 Å². The molecule has 0 unspecified atom stereocenters. The summed E-state index contributed by atoms with van der Waals surface area (Å²) < 4.78 is 23.3. The summed E-state index contributed by atoms with van der Waals surface area (Å²) in [5.41, 5.74) is 0.405. The molecule has 3 atom stereocenters. The van der Waals surface area contributed by atoms with E-state index >= 15 is 0 Å². The number of hydrogen-bond acceptors (Lipinski definition) is 8. The van der Waals surface area contributed by atoms with Gasteiger partial charge in [0.05, 0.1) is 19.9 Å². The van der Waals surface area contributed by atoms with E-state index in [-0.39, 0.29) is 53.2 Å². The zero-order valence-electron chi connectivity index (χ0n) is 22.7. The highest BCUT2D eigenvalue weighted by Crippen LogP contribution is 2.55. The van der Waals surface area contributed by atoms with Crippen molar-refractivity contribution in [2.75, 3.05) is 14.2 Å². The second-order valence-corrected chi connectivity index (χ2v) is 10.6. The third-order valence-electron chi connectivity index (χ3n) is 7.95. The van der Waals surface area contributed by atoms with E-state index < -0.39 is 29.0 Å². The van der Waals surface area contributed by atoms with Gasteiger partial charge in [-0.1, -0.05) is 42.8 Å². The maximum atomic E-state index is 14.6. The molecule has 0 radical (unpaired) electrons. The van der Waals surface area contributed by atoms with E-state index in [1.165, 1.54) is 20.3 Å². The lowest BCUT2D eigenvalue weighted by Crippen LogP contribution is -2.59. The minimum absolute atomic E-state index is 0.00195. The molecule has 2 aromatic carbocycles. The molecule has 0 saturated carbocycles. The third-order valence-corrected chi connectivity index (χ3v) is 8.31. The molecule has 3 heterocycles. The fourth-order valence-corrected chi connectivity index (χ4v) is 6.26. The van der Waals surface area contributed by atoms with Crippen LogP contribution in [0, 0.1) is 5.92 Å². The number of pyridine rings is 1. The molecular weight excluding hydrogens is 548 g/mol. The van der Waals surface area contributed by atoms with E-state index in [2.05, 4.69) is 10.3 Å². The van der Waals surface area contributed by atoms with Crippen LogP contribution in [-0.4, -0.2) is 42.3 Å². The van der Waals surface area contributed by atoms with Crippen molar-refractivity contribution in [2.24, 2.45) is 5.92 Å². The minimum Gasteiger partial charge on any atom is -0.496 e. The number of carbonyl (C=O) groups excluding carboxylic acids is 3. The van der Waals surface area contributed by atoms with Gasteiger partial charge in [-0.05, 0) is 24.6 Å². The lowest BCUT2D eigenvalue weighted by atomic mass is 9.66. The molecular formula is C31H27ClN2O7. The van der Waals surface area contributed by atoms with Crippen LogP contribution in [0.3, 0.4) is 0 Å². The zero-order chi connectivity index (χ0) is 28.9. The molecule has 0 bridgehead atoms.